The van der Waals surface area contributed by atoms with Gasteiger partial charge in [-0.1, -0.05) is 177 Å². The lowest BCUT2D eigenvalue weighted by Gasteiger charge is -2.34. The predicted octanol–water partition coefficient (Wildman–Crippen LogP) is 12.6. The molecule has 0 N–H and O–H groups in total. The summed E-state index contributed by atoms with van der Waals surface area (Å²) in [5.41, 5.74) is 13.7. The van der Waals surface area contributed by atoms with Gasteiger partial charge in [-0.3, -0.25) is 0 Å². The molecule has 2 aliphatic rings. The quantitative estimate of drug-likeness (QED) is 0.127. The van der Waals surface area contributed by atoms with E-state index in [9.17, 15) is 0 Å². The first-order valence-corrected chi connectivity index (χ1v) is 22.3. The van der Waals surface area contributed by atoms with Gasteiger partial charge in [-0.15, -0.1) is 0 Å². The average Bonchev–Trinajstić information content (AvgIpc) is 3.67. The van der Waals surface area contributed by atoms with E-state index in [0.29, 0.717) is 0 Å². The van der Waals surface area contributed by atoms with Gasteiger partial charge in [0, 0.05) is 17.1 Å². The largest absolute Gasteiger partial charge is 0.310 e. The molecule has 1 aliphatic carbocycles. The molecule has 0 saturated heterocycles. The van der Waals surface area contributed by atoms with Crippen LogP contribution in [0.2, 0.25) is 13.1 Å². The van der Waals surface area contributed by atoms with Gasteiger partial charge in [0.15, 0.2) is 0 Å². The van der Waals surface area contributed by atoms with Crippen LogP contribution < -0.4 is 15.3 Å². The van der Waals surface area contributed by atoms with Gasteiger partial charge in [0.25, 0.3) is 0 Å². The highest BCUT2D eigenvalue weighted by molar-refractivity contribution is 7.03. The second-order valence-electron chi connectivity index (χ2n) is 15.7. The van der Waals surface area contributed by atoms with Crippen molar-refractivity contribution in [3.05, 3.63) is 222 Å². The second-order valence-corrected chi connectivity index (χ2v) is 20.0. The van der Waals surface area contributed by atoms with Gasteiger partial charge in [0.1, 0.15) is 8.07 Å². The zero-order chi connectivity index (χ0) is 36.7. The van der Waals surface area contributed by atoms with E-state index in [0.717, 1.165) is 11.4 Å². The molecule has 260 valence electrons. The number of rotatable bonds is 5. The van der Waals surface area contributed by atoms with Gasteiger partial charge < -0.3 is 4.90 Å². The van der Waals surface area contributed by atoms with E-state index >= 15 is 0 Å². The highest BCUT2D eigenvalue weighted by atomic mass is 28.3. The highest BCUT2D eigenvalue weighted by Gasteiger charge is 2.46. The fourth-order valence-electron chi connectivity index (χ4n) is 9.98. The van der Waals surface area contributed by atoms with Gasteiger partial charge >= 0.3 is 0 Å². The van der Waals surface area contributed by atoms with Gasteiger partial charge in [0.2, 0.25) is 0 Å². The van der Waals surface area contributed by atoms with E-state index in [1.165, 1.54) is 82.1 Å². The van der Waals surface area contributed by atoms with Crippen LogP contribution in [0.1, 0.15) is 22.3 Å². The maximum Gasteiger partial charge on any atom is 0.113 e. The van der Waals surface area contributed by atoms with Crippen molar-refractivity contribution in [2.45, 2.75) is 18.5 Å². The third-order valence-corrected chi connectivity index (χ3v) is 16.1. The van der Waals surface area contributed by atoms with E-state index in [4.69, 9.17) is 0 Å². The lowest BCUT2D eigenvalue weighted by molar-refractivity contribution is 0.768. The summed E-state index contributed by atoms with van der Waals surface area (Å²) >= 11 is 0. The second kappa shape index (κ2) is 12.0. The van der Waals surface area contributed by atoms with Crippen molar-refractivity contribution in [3.63, 3.8) is 0 Å². The summed E-state index contributed by atoms with van der Waals surface area (Å²) in [6, 6.07) is 75.0. The van der Waals surface area contributed by atoms with E-state index in [1.807, 2.05) is 0 Å². The monoisotopic (exact) mass is 717 g/mol. The molecule has 0 saturated carbocycles. The SMILES string of the molecule is C[Si]1(C)c2ccccc2-c2ccc(N(c3ccc(C4(c5ccccc5)c5ccccc5-c5ccccc54)cc3)c3ccc4ccc5ccccc5c4c3)cc21. The first-order valence-electron chi connectivity index (χ1n) is 19.3. The van der Waals surface area contributed by atoms with Crippen LogP contribution in [0.4, 0.5) is 17.1 Å². The summed E-state index contributed by atoms with van der Waals surface area (Å²) in [7, 11) is -1.91. The van der Waals surface area contributed by atoms with Gasteiger partial charge in [-0.25, -0.2) is 0 Å². The summed E-state index contributed by atoms with van der Waals surface area (Å²) in [5, 5.41) is 8.08. The third kappa shape index (κ3) is 4.59. The Morgan fingerprint density at radius 3 is 1.62 bits per heavy atom. The van der Waals surface area contributed by atoms with Crippen LogP contribution in [0.3, 0.4) is 0 Å². The molecule has 1 aliphatic heterocycles. The van der Waals surface area contributed by atoms with Gasteiger partial charge in [-0.05, 0) is 113 Å². The Balaban J connectivity index is 1.13. The third-order valence-electron chi connectivity index (χ3n) is 12.5. The van der Waals surface area contributed by atoms with Gasteiger partial charge in [0.05, 0.1) is 5.41 Å². The number of nitrogens with zero attached hydrogens (tertiary/aromatic N) is 1. The minimum absolute atomic E-state index is 0.436. The summed E-state index contributed by atoms with van der Waals surface area (Å²) in [4.78, 5) is 2.48. The van der Waals surface area contributed by atoms with E-state index < -0.39 is 13.5 Å². The molecule has 11 rings (SSSR count). The van der Waals surface area contributed by atoms with Crippen molar-refractivity contribution in [2.75, 3.05) is 4.90 Å². The lowest BCUT2D eigenvalue weighted by atomic mass is 9.68. The molecule has 9 aromatic carbocycles. The summed E-state index contributed by atoms with van der Waals surface area (Å²) in [6.45, 7) is 5.01. The molecule has 55 heavy (non-hydrogen) atoms. The molecule has 0 aromatic heterocycles. The van der Waals surface area contributed by atoms with Crippen molar-refractivity contribution in [3.8, 4) is 22.3 Å². The molecule has 0 unspecified atom stereocenters. The number of anilines is 3. The van der Waals surface area contributed by atoms with Crippen molar-refractivity contribution in [1.82, 2.24) is 0 Å². The Morgan fingerprint density at radius 1 is 0.364 bits per heavy atom. The summed E-state index contributed by atoms with van der Waals surface area (Å²) in [6.07, 6.45) is 0. The standard InChI is InChI=1S/C53H39NSi/c1-55(2)51-23-13-10-20-46(51)47-33-32-42(35-52(47)55)54(41-29-26-37-25-24-36-14-6-7-17-43(36)48(37)34-41)40-30-27-39(28-31-40)53(38-15-4-3-5-16-38)49-21-11-8-18-44(49)45-19-9-12-22-50(45)53/h3-35H,1-2H3. The molecule has 1 heterocycles. The molecular weight excluding hydrogens is 679 g/mol. The lowest BCUT2D eigenvalue weighted by Crippen LogP contribution is -2.49. The average molecular weight is 718 g/mol. The minimum Gasteiger partial charge on any atom is -0.310 e. The molecule has 0 bridgehead atoms. The minimum atomic E-state index is -1.91. The first-order chi connectivity index (χ1) is 27.0. The molecule has 0 amide bonds. The molecule has 0 spiro atoms. The summed E-state index contributed by atoms with van der Waals surface area (Å²) in [5.74, 6) is 0. The van der Waals surface area contributed by atoms with Crippen LogP contribution in [-0.4, -0.2) is 8.07 Å². The van der Waals surface area contributed by atoms with Crippen LogP contribution in [0, 0.1) is 0 Å². The van der Waals surface area contributed by atoms with E-state index in [-0.39, 0.29) is 0 Å². The Labute approximate surface area is 323 Å². The zero-order valence-electron chi connectivity index (χ0n) is 31.0. The smallest absolute Gasteiger partial charge is 0.113 e. The first kappa shape index (κ1) is 32.0. The molecule has 0 atom stereocenters. The normalized spacial score (nSPS) is 14.3. The fraction of sp³-hybridized carbons (Fsp3) is 0.0566. The number of hydrogen-bond donors (Lipinski definition) is 0. The number of benzene rings is 9. The van der Waals surface area contributed by atoms with Crippen LogP contribution >= 0.6 is 0 Å². The Kier molecular flexibility index (Phi) is 6.99. The number of hydrogen-bond acceptors (Lipinski definition) is 1. The molecule has 2 heteroatoms. The summed E-state index contributed by atoms with van der Waals surface area (Å²) < 4.78 is 0. The molecule has 1 nitrogen and oxygen atoms in total. The maximum absolute atomic E-state index is 2.50. The predicted molar refractivity (Wildman–Crippen MR) is 236 cm³/mol. The molecule has 0 radical (unpaired) electrons. The Morgan fingerprint density at radius 2 is 0.873 bits per heavy atom. The Hall–Kier alpha value is -6.48. The molecular formula is C53H39NSi. The van der Waals surface area contributed by atoms with Crippen LogP contribution in [0.15, 0.2) is 200 Å². The molecule has 9 aromatic rings. The van der Waals surface area contributed by atoms with Gasteiger partial charge in [-0.2, -0.15) is 0 Å². The van der Waals surface area contributed by atoms with Crippen LogP contribution in [0.25, 0.3) is 43.8 Å². The van der Waals surface area contributed by atoms with Crippen molar-refractivity contribution in [1.29, 1.82) is 0 Å². The highest BCUT2D eigenvalue weighted by Crippen LogP contribution is 2.56. The topological polar surface area (TPSA) is 3.24 Å². The van der Waals surface area contributed by atoms with Crippen molar-refractivity contribution in [2.24, 2.45) is 0 Å². The van der Waals surface area contributed by atoms with Crippen molar-refractivity contribution < 1.29 is 0 Å². The maximum atomic E-state index is 2.50. The molecule has 0 fully saturated rings. The van der Waals surface area contributed by atoms with Crippen LogP contribution in [0.5, 0.6) is 0 Å². The van der Waals surface area contributed by atoms with Crippen LogP contribution in [-0.2, 0) is 5.41 Å². The Bertz CT molecular complexity index is 2910. The van der Waals surface area contributed by atoms with E-state index in [1.54, 1.807) is 0 Å². The van der Waals surface area contributed by atoms with E-state index in [2.05, 4.69) is 218 Å². The number of fused-ring (bicyclic) bond motifs is 9. The zero-order valence-corrected chi connectivity index (χ0v) is 32.0. The van der Waals surface area contributed by atoms with Crippen molar-refractivity contribution >= 4 is 57.1 Å². The fourth-order valence-corrected chi connectivity index (χ4v) is 13.1.